The molecule has 0 bridgehead atoms. The van der Waals surface area contributed by atoms with Crippen molar-refractivity contribution in [1.29, 1.82) is 0 Å². The first-order chi connectivity index (χ1) is 8.24. The Morgan fingerprint density at radius 2 is 1.59 bits per heavy atom. The van der Waals surface area contributed by atoms with E-state index < -0.39 is 0 Å². The van der Waals surface area contributed by atoms with Gasteiger partial charge in [-0.25, -0.2) is 0 Å². The summed E-state index contributed by atoms with van der Waals surface area (Å²) in [6.45, 7) is 4.72. The van der Waals surface area contributed by atoms with E-state index >= 15 is 0 Å². The summed E-state index contributed by atoms with van der Waals surface area (Å²) in [4.78, 5) is 0.818. The molecule has 0 aromatic carbocycles. The van der Waals surface area contributed by atoms with Crippen LogP contribution in [0.3, 0.4) is 0 Å². The van der Waals surface area contributed by atoms with E-state index in [2.05, 4.69) is 29.8 Å². The number of unbranched alkanes of at least 4 members (excludes halogenated alkanes) is 6. The zero-order valence-electron chi connectivity index (χ0n) is 11.9. The minimum atomic E-state index is 0.818. The van der Waals surface area contributed by atoms with Crippen LogP contribution in [-0.4, -0.2) is 4.83 Å². The van der Waals surface area contributed by atoms with Gasteiger partial charge < -0.3 is 0 Å². The summed E-state index contributed by atoms with van der Waals surface area (Å²) >= 11 is 3.89. The lowest BCUT2D eigenvalue weighted by molar-refractivity contribution is 0.276. The first-order valence-electron chi connectivity index (χ1n) is 7.88. The van der Waals surface area contributed by atoms with E-state index in [9.17, 15) is 0 Å². The van der Waals surface area contributed by atoms with Crippen molar-refractivity contribution in [1.82, 2.24) is 0 Å². The molecule has 1 rings (SSSR count). The van der Waals surface area contributed by atoms with Gasteiger partial charge in [-0.3, -0.25) is 0 Å². The number of hydrogen-bond acceptors (Lipinski definition) is 0. The zero-order chi connectivity index (χ0) is 12.5. The van der Waals surface area contributed by atoms with Crippen LogP contribution < -0.4 is 0 Å². The Morgan fingerprint density at radius 1 is 0.941 bits per heavy atom. The van der Waals surface area contributed by atoms with Crippen molar-refractivity contribution in [2.24, 2.45) is 11.8 Å². The van der Waals surface area contributed by atoms with E-state index in [0.717, 1.165) is 16.7 Å². The monoisotopic (exact) mass is 302 g/mol. The summed E-state index contributed by atoms with van der Waals surface area (Å²) in [5.41, 5.74) is 0. The summed E-state index contributed by atoms with van der Waals surface area (Å²) in [6, 6.07) is 0. The molecule has 0 aromatic heterocycles. The second-order valence-corrected chi connectivity index (χ2v) is 7.28. The van der Waals surface area contributed by atoms with E-state index in [1.807, 2.05) is 0 Å². The van der Waals surface area contributed by atoms with Crippen LogP contribution in [0, 0.1) is 11.8 Å². The summed E-state index contributed by atoms with van der Waals surface area (Å²) in [6.07, 6.45) is 15.9. The molecule has 3 unspecified atom stereocenters. The van der Waals surface area contributed by atoms with Gasteiger partial charge in [0.05, 0.1) is 0 Å². The topological polar surface area (TPSA) is 0 Å². The molecular formula is C16H31Br. The largest absolute Gasteiger partial charge is 0.0888 e. The Balaban J connectivity index is 1.97. The molecule has 17 heavy (non-hydrogen) atoms. The molecule has 1 aliphatic carbocycles. The lowest BCUT2D eigenvalue weighted by Gasteiger charge is -2.31. The molecule has 0 amide bonds. The maximum atomic E-state index is 3.89. The number of alkyl halides is 1. The molecule has 0 saturated heterocycles. The van der Waals surface area contributed by atoms with Crippen LogP contribution in [0.4, 0.5) is 0 Å². The highest BCUT2D eigenvalue weighted by atomic mass is 79.9. The molecule has 0 aromatic rings. The minimum Gasteiger partial charge on any atom is -0.0888 e. The van der Waals surface area contributed by atoms with Crippen molar-refractivity contribution in [2.75, 3.05) is 0 Å². The molecule has 0 aliphatic heterocycles. The van der Waals surface area contributed by atoms with Crippen molar-refractivity contribution in [3.8, 4) is 0 Å². The summed E-state index contributed by atoms with van der Waals surface area (Å²) in [5.74, 6) is 1.94. The predicted molar refractivity (Wildman–Crippen MR) is 81.8 cm³/mol. The summed E-state index contributed by atoms with van der Waals surface area (Å²) in [7, 11) is 0. The van der Waals surface area contributed by atoms with Crippen molar-refractivity contribution in [3.05, 3.63) is 0 Å². The Labute approximate surface area is 117 Å². The average molecular weight is 303 g/mol. The van der Waals surface area contributed by atoms with Gasteiger partial charge in [-0.15, -0.1) is 0 Å². The van der Waals surface area contributed by atoms with E-state index in [-0.39, 0.29) is 0 Å². The first-order valence-corrected chi connectivity index (χ1v) is 8.79. The van der Waals surface area contributed by atoms with Crippen LogP contribution in [0.5, 0.6) is 0 Å². The molecule has 1 heteroatoms. The fraction of sp³-hybridized carbons (Fsp3) is 1.00. The second kappa shape index (κ2) is 9.42. The van der Waals surface area contributed by atoms with Gasteiger partial charge in [-0.1, -0.05) is 74.7 Å². The molecule has 3 atom stereocenters. The van der Waals surface area contributed by atoms with Gasteiger partial charge in [0.2, 0.25) is 0 Å². The van der Waals surface area contributed by atoms with Gasteiger partial charge in [0, 0.05) is 4.83 Å². The van der Waals surface area contributed by atoms with Crippen molar-refractivity contribution in [3.63, 3.8) is 0 Å². The highest BCUT2D eigenvalue weighted by Gasteiger charge is 2.25. The molecule has 0 nitrogen and oxygen atoms in total. The average Bonchev–Trinajstić information content (AvgIpc) is 2.32. The number of rotatable bonds is 8. The van der Waals surface area contributed by atoms with E-state index in [1.165, 1.54) is 70.6 Å². The second-order valence-electron chi connectivity index (χ2n) is 6.10. The van der Waals surface area contributed by atoms with Crippen LogP contribution >= 0.6 is 15.9 Å². The normalized spacial score (nSPS) is 29.5. The molecule has 1 aliphatic rings. The number of hydrogen-bond donors (Lipinski definition) is 0. The van der Waals surface area contributed by atoms with Crippen molar-refractivity contribution in [2.45, 2.75) is 89.3 Å². The highest BCUT2D eigenvalue weighted by molar-refractivity contribution is 9.09. The molecular weight excluding hydrogens is 272 g/mol. The van der Waals surface area contributed by atoms with Gasteiger partial charge in [0.1, 0.15) is 0 Å². The molecule has 0 spiro atoms. The quantitative estimate of drug-likeness (QED) is 0.363. The van der Waals surface area contributed by atoms with E-state index in [0.29, 0.717) is 0 Å². The Hall–Kier alpha value is 0.480. The van der Waals surface area contributed by atoms with Crippen LogP contribution in [0.25, 0.3) is 0 Å². The first kappa shape index (κ1) is 15.5. The highest BCUT2D eigenvalue weighted by Crippen LogP contribution is 2.36. The predicted octanol–water partition coefficient (Wildman–Crippen LogP) is 6.33. The minimum absolute atomic E-state index is 0.818. The fourth-order valence-electron chi connectivity index (χ4n) is 3.12. The summed E-state index contributed by atoms with van der Waals surface area (Å²) in [5, 5.41) is 0. The van der Waals surface area contributed by atoms with Crippen LogP contribution in [0.15, 0.2) is 0 Å². The molecule has 1 saturated carbocycles. The molecule has 1 fully saturated rings. The van der Waals surface area contributed by atoms with E-state index in [1.54, 1.807) is 0 Å². The van der Waals surface area contributed by atoms with Gasteiger partial charge in [-0.2, -0.15) is 0 Å². The third-order valence-electron chi connectivity index (χ3n) is 4.33. The Bertz CT molecular complexity index is 178. The Morgan fingerprint density at radius 3 is 2.29 bits per heavy atom. The van der Waals surface area contributed by atoms with Gasteiger partial charge in [0.25, 0.3) is 0 Å². The molecule has 0 radical (unpaired) electrons. The smallest absolute Gasteiger partial charge is 0.0174 e. The van der Waals surface area contributed by atoms with Crippen molar-refractivity contribution >= 4 is 15.9 Å². The van der Waals surface area contributed by atoms with Gasteiger partial charge in [-0.05, 0) is 37.5 Å². The van der Waals surface area contributed by atoms with Crippen LogP contribution in [-0.2, 0) is 0 Å². The van der Waals surface area contributed by atoms with E-state index in [4.69, 9.17) is 0 Å². The number of halogens is 1. The maximum Gasteiger partial charge on any atom is 0.0174 e. The lowest BCUT2D eigenvalue weighted by Crippen LogP contribution is -2.23. The fourth-order valence-corrected chi connectivity index (χ4v) is 3.87. The standard InChI is InChI=1S/C16H31Br/c1-3-4-5-6-7-8-9-10-15-13-14(2)11-12-16(15)17/h14-16H,3-13H2,1-2H3. The maximum absolute atomic E-state index is 3.89. The van der Waals surface area contributed by atoms with Gasteiger partial charge >= 0.3 is 0 Å². The van der Waals surface area contributed by atoms with Gasteiger partial charge in [0.15, 0.2) is 0 Å². The third kappa shape index (κ3) is 6.84. The molecule has 0 heterocycles. The summed E-state index contributed by atoms with van der Waals surface area (Å²) < 4.78 is 0. The Kier molecular flexibility index (Phi) is 8.61. The molecule has 0 N–H and O–H groups in total. The van der Waals surface area contributed by atoms with Crippen LogP contribution in [0.2, 0.25) is 0 Å². The third-order valence-corrected chi connectivity index (χ3v) is 5.54. The lowest BCUT2D eigenvalue weighted by atomic mass is 9.80. The zero-order valence-corrected chi connectivity index (χ0v) is 13.5. The van der Waals surface area contributed by atoms with Crippen molar-refractivity contribution < 1.29 is 0 Å². The van der Waals surface area contributed by atoms with Crippen LogP contribution in [0.1, 0.15) is 84.5 Å². The molecule has 102 valence electrons. The SMILES string of the molecule is CCCCCCCCCC1CC(C)CCC1Br.